The van der Waals surface area contributed by atoms with Crippen molar-refractivity contribution in [3.8, 4) is 34.0 Å². The maximum atomic E-state index is 13.3. The molecule has 11 aromatic rings. The number of nitrogens with one attached hydrogen (secondary N) is 3. The number of halogens is 2. The molecule has 1 atom stereocenters. The Morgan fingerprint density at radius 1 is 0.663 bits per heavy atom. The van der Waals surface area contributed by atoms with Crippen molar-refractivity contribution < 1.29 is 27.8 Å². The van der Waals surface area contributed by atoms with Gasteiger partial charge in [0, 0.05) is 91.6 Å². The van der Waals surface area contributed by atoms with Crippen LogP contribution in [0.5, 0.6) is 11.5 Å². The number of aromatic nitrogens is 12. The topological polar surface area (TPSA) is 261 Å². The monoisotopic (exact) mass is 1120 g/mol. The van der Waals surface area contributed by atoms with Gasteiger partial charge < -0.3 is 45.7 Å². The van der Waals surface area contributed by atoms with Gasteiger partial charge in [-0.1, -0.05) is 48.5 Å². The lowest BCUT2D eigenvalue weighted by molar-refractivity contribution is 0.0694. The van der Waals surface area contributed by atoms with Crippen molar-refractivity contribution in [2.75, 3.05) is 69.0 Å². The number of rotatable bonds is 14. The third-order valence-corrected chi connectivity index (χ3v) is 15.7. The van der Waals surface area contributed by atoms with Crippen molar-refractivity contribution in [2.45, 2.75) is 44.3 Å². The minimum atomic E-state index is -2.36. The van der Waals surface area contributed by atoms with E-state index in [1.54, 1.807) is 30.5 Å². The normalized spacial score (nSPS) is 15.1. The molecule has 4 aromatic carbocycles. The Kier molecular flexibility index (Phi) is 14.7. The first-order valence-electron chi connectivity index (χ1n) is 27.1. The van der Waals surface area contributed by atoms with Gasteiger partial charge in [-0.25, -0.2) is 43.1 Å². The summed E-state index contributed by atoms with van der Waals surface area (Å²) in [4.78, 5) is 55.4. The Hall–Kier alpha value is -9.81. The number of carbonyl (C=O) groups is 2. The van der Waals surface area contributed by atoms with Crippen LogP contribution < -0.4 is 31.6 Å². The van der Waals surface area contributed by atoms with Crippen LogP contribution in [0.3, 0.4) is 0 Å². The predicted octanol–water partition coefficient (Wildman–Crippen LogP) is 8.73. The first-order valence-corrected chi connectivity index (χ1v) is 27.1. The lowest BCUT2D eigenvalue weighted by atomic mass is 10.1. The van der Waals surface area contributed by atoms with Crippen molar-refractivity contribution in [1.29, 1.82) is 0 Å². The van der Waals surface area contributed by atoms with Gasteiger partial charge in [0.15, 0.2) is 11.3 Å². The van der Waals surface area contributed by atoms with Crippen molar-refractivity contribution in [3.05, 3.63) is 139 Å². The molecule has 0 aliphatic carbocycles. The number of aromatic amines is 1. The van der Waals surface area contributed by atoms with Crippen molar-refractivity contribution >= 4 is 78.7 Å². The van der Waals surface area contributed by atoms with E-state index in [9.17, 15) is 18.4 Å². The first-order chi connectivity index (χ1) is 40.3. The number of nitrogen functional groups attached to an aromatic ring is 2. The number of fused-ring (bicyclic) bond motifs is 4. The zero-order valence-electron chi connectivity index (χ0n) is 46.0. The number of carbonyl (C=O) groups excluding carboxylic acids is 2. The summed E-state index contributed by atoms with van der Waals surface area (Å²) in [6.07, 6.45) is 6.32. The second-order valence-electron chi connectivity index (χ2n) is 20.7. The Bertz CT molecular complexity index is 4200. The molecule has 2 aliphatic rings. The fraction of sp³-hybridized carbons (Fsp3) is 0.271. The number of para-hydroxylation sites is 2. The summed E-state index contributed by atoms with van der Waals surface area (Å²) in [6, 6.07) is 30.5. The highest BCUT2D eigenvalue weighted by Crippen LogP contribution is 2.40. The van der Waals surface area contributed by atoms with Gasteiger partial charge in [-0.3, -0.25) is 19.4 Å². The van der Waals surface area contributed by atoms with Crippen LogP contribution >= 0.6 is 0 Å². The number of ether oxygens (including phenoxy) is 2. The second kappa shape index (κ2) is 22.6. The van der Waals surface area contributed by atoms with Crippen LogP contribution in [0.25, 0.3) is 66.4 Å². The number of methoxy groups -OCH3 is 2. The molecule has 83 heavy (non-hydrogen) atoms. The van der Waals surface area contributed by atoms with Crippen LogP contribution in [0.2, 0.25) is 0 Å². The number of alkyl halides is 2. The number of hydrogen-bond donors (Lipinski definition) is 5. The summed E-state index contributed by atoms with van der Waals surface area (Å²) in [5, 5.41) is 19.2. The highest BCUT2D eigenvalue weighted by molar-refractivity contribution is 6.09. The van der Waals surface area contributed by atoms with E-state index in [1.165, 1.54) is 19.8 Å². The standard InChI is InChI=1S/C30H30N10O2.C29H30F2N8O2/c1-38-23-6-4-3-5-18(23)11-24(38)30(41)36-22-8-7-19(12-25(22)42-2)27-26-28(31)34-17-35-29(26)40(37-27)21-9-10-39(15-21)14-20-13-32-16-33-20;1-37-21-6-4-3-5-17(21)13-22(37)29(40)35-20-8-7-18(14-23(20)41-2)26-25-27(32)33-16-34-28(25)39(36-26)19-9-11-38(12-10-19)15-24(30)31/h3-8,11-13,16-17,21H,9-10,14-15H2,1-2H3,(H,32,33)(H,36,41)(H2,31,34,35);3-8,13-14,16,19,24H,9-12,15H2,1-2H3,(H,35,40)(H2,32,33,34). The predicted molar refractivity (Wildman–Crippen MR) is 313 cm³/mol. The molecule has 0 saturated carbocycles. The third-order valence-electron chi connectivity index (χ3n) is 15.7. The largest absolute Gasteiger partial charge is 0.495 e. The average Bonchev–Trinajstić information content (AvgIpc) is 2.78. The van der Waals surface area contributed by atoms with Crippen molar-refractivity contribution in [1.82, 2.24) is 68.4 Å². The quantitative estimate of drug-likeness (QED) is 0.0682. The van der Waals surface area contributed by atoms with E-state index in [4.69, 9.17) is 31.1 Å². The number of anilines is 4. The van der Waals surface area contributed by atoms with Crippen LogP contribution in [0.1, 0.15) is 58.0 Å². The first kappa shape index (κ1) is 53.8. The van der Waals surface area contributed by atoms with Crippen LogP contribution in [-0.4, -0.2) is 134 Å². The maximum Gasteiger partial charge on any atom is 0.272 e. The number of benzene rings is 4. The Balaban J connectivity index is 0.000000164. The molecule has 24 heteroatoms. The second-order valence-corrected chi connectivity index (χ2v) is 20.7. The minimum Gasteiger partial charge on any atom is -0.495 e. The molecule has 424 valence electrons. The number of hydrogen-bond acceptors (Lipinski definition) is 15. The maximum absolute atomic E-state index is 13.3. The van der Waals surface area contributed by atoms with Crippen LogP contribution in [-0.2, 0) is 20.6 Å². The van der Waals surface area contributed by atoms with Gasteiger partial charge in [0.1, 0.15) is 58.6 Å². The fourth-order valence-electron chi connectivity index (χ4n) is 11.5. The fourth-order valence-corrected chi connectivity index (χ4v) is 11.5. The lowest BCUT2D eigenvalue weighted by Gasteiger charge is -2.31. The zero-order valence-corrected chi connectivity index (χ0v) is 46.0. The number of imidazole rings is 1. The summed E-state index contributed by atoms with van der Waals surface area (Å²) < 4.78 is 44.6. The van der Waals surface area contributed by atoms with Crippen LogP contribution in [0.15, 0.2) is 122 Å². The van der Waals surface area contributed by atoms with Crippen LogP contribution in [0.4, 0.5) is 31.8 Å². The third kappa shape index (κ3) is 10.5. The van der Waals surface area contributed by atoms with Gasteiger partial charge in [0.2, 0.25) is 0 Å². The molecular weight excluding hydrogens is 1060 g/mol. The molecule has 7 aromatic heterocycles. The van der Waals surface area contributed by atoms with E-state index in [-0.39, 0.29) is 30.4 Å². The summed E-state index contributed by atoms with van der Waals surface area (Å²) in [5.41, 5.74) is 21.9. The van der Waals surface area contributed by atoms with E-state index in [2.05, 4.69) is 45.4 Å². The van der Waals surface area contributed by atoms with Gasteiger partial charge in [-0.05, 0) is 67.8 Å². The molecular formula is C59H60F2N18O4. The Morgan fingerprint density at radius 2 is 1.16 bits per heavy atom. The Labute approximate surface area is 474 Å². The SMILES string of the molecule is COc1cc(-c2nn(C3CCN(CC(F)F)CC3)c3ncnc(N)c23)ccc1NC(=O)c1cc2ccccc2n1C.COc1cc(-c2nn(C3CCN(Cc4cnc[nH]4)C3)c3ncnc(N)c23)ccc1NC(=O)c1cc2ccccc2n1C. The number of amides is 2. The smallest absolute Gasteiger partial charge is 0.272 e. The molecule has 2 aliphatic heterocycles. The average molecular weight is 1120 g/mol. The highest BCUT2D eigenvalue weighted by Gasteiger charge is 2.31. The molecule has 0 radical (unpaired) electrons. The molecule has 9 heterocycles. The number of H-pyrrole nitrogens is 1. The molecule has 22 nitrogen and oxygen atoms in total. The van der Waals surface area contributed by atoms with Crippen molar-refractivity contribution in [2.24, 2.45) is 14.1 Å². The zero-order chi connectivity index (χ0) is 57.5. The van der Waals surface area contributed by atoms with Gasteiger partial charge in [0.05, 0.1) is 61.3 Å². The lowest BCUT2D eigenvalue weighted by Crippen LogP contribution is -2.37. The molecule has 2 fully saturated rings. The van der Waals surface area contributed by atoms with E-state index in [1.807, 2.05) is 124 Å². The van der Waals surface area contributed by atoms with E-state index < -0.39 is 6.43 Å². The number of nitrogens with two attached hydrogens (primary N) is 2. The highest BCUT2D eigenvalue weighted by atomic mass is 19.3. The number of piperidine rings is 1. The Morgan fingerprint density at radius 3 is 1.64 bits per heavy atom. The minimum absolute atomic E-state index is 0.0178. The number of likely N-dealkylation sites (tertiary alicyclic amines) is 2. The molecule has 1 unspecified atom stereocenters. The summed E-state index contributed by atoms with van der Waals surface area (Å²) in [6.45, 7) is 3.41. The van der Waals surface area contributed by atoms with Crippen molar-refractivity contribution in [3.63, 3.8) is 0 Å². The molecule has 13 rings (SSSR count). The van der Waals surface area contributed by atoms with Gasteiger partial charge in [-0.15, -0.1) is 0 Å². The van der Waals surface area contributed by atoms with Crippen LogP contribution in [0, 0.1) is 0 Å². The molecule has 7 N–H and O–H groups in total. The summed E-state index contributed by atoms with van der Waals surface area (Å²) in [5.74, 6) is 1.12. The van der Waals surface area contributed by atoms with Gasteiger partial charge in [0.25, 0.3) is 18.2 Å². The molecule has 2 saturated heterocycles. The summed E-state index contributed by atoms with van der Waals surface area (Å²) >= 11 is 0. The molecule has 2 amide bonds. The summed E-state index contributed by atoms with van der Waals surface area (Å²) in [7, 11) is 6.85. The number of nitrogens with zero attached hydrogens (tertiary/aromatic N) is 13. The van der Waals surface area contributed by atoms with E-state index >= 15 is 0 Å². The molecule has 0 spiro atoms. The van der Waals surface area contributed by atoms with Gasteiger partial charge >= 0.3 is 0 Å². The molecule has 0 bridgehead atoms. The van der Waals surface area contributed by atoms with Gasteiger partial charge in [-0.2, -0.15) is 10.2 Å². The van der Waals surface area contributed by atoms with E-state index in [0.717, 1.165) is 59.1 Å². The number of aryl methyl sites for hydroxylation is 2. The van der Waals surface area contributed by atoms with E-state index in [0.29, 0.717) is 111 Å².